The third-order valence-corrected chi connectivity index (χ3v) is 8.02. The van der Waals surface area contributed by atoms with Crippen molar-refractivity contribution in [1.29, 1.82) is 0 Å². The van der Waals surface area contributed by atoms with Crippen LogP contribution < -0.4 is 9.67 Å². The van der Waals surface area contributed by atoms with E-state index in [4.69, 9.17) is 0 Å². The molecular formula is C24H22IN3O4S. The number of aliphatic hydroxyl groups excluding tert-OH is 1. The van der Waals surface area contributed by atoms with E-state index in [9.17, 15) is 19.8 Å². The van der Waals surface area contributed by atoms with Crippen LogP contribution in [0.3, 0.4) is 0 Å². The summed E-state index contributed by atoms with van der Waals surface area (Å²) in [5.41, 5.74) is 2.30. The highest BCUT2D eigenvalue weighted by Crippen LogP contribution is 2.47. The minimum Gasteiger partial charge on any atom is -0.543 e. The second-order valence-electron chi connectivity index (χ2n) is 8.61. The Bertz CT molecular complexity index is 1310. The standard InChI is InChI=1S/C24H22IN3O4S/c1-13(29)21-19-10-18(22(24(31)32)28(19)23(21)30)14-7-15(9-16(25)8-14)20-4-3-17(33-20)11-27-6-5-26(2)12-27/h3-9,12-13,19,21,29H,10-11H2,1-2H3/t13-,19-,21-/m1/s1. The van der Waals surface area contributed by atoms with Gasteiger partial charge in [0.05, 0.1) is 36.8 Å². The molecule has 170 valence electrons. The number of aliphatic hydroxyl groups is 1. The van der Waals surface area contributed by atoms with E-state index in [1.165, 1.54) is 9.78 Å². The van der Waals surface area contributed by atoms with Crippen molar-refractivity contribution in [1.82, 2.24) is 9.47 Å². The molecule has 2 aromatic heterocycles. The molecule has 0 bridgehead atoms. The van der Waals surface area contributed by atoms with Crippen LogP contribution >= 0.6 is 33.9 Å². The lowest BCUT2D eigenvalue weighted by molar-refractivity contribution is -0.671. The number of rotatable bonds is 6. The lowest BCUT2D eigenvalue weighted by Crippen LogP contribution is -2.62. The number of halogens is 1. The number of carbonyl (C=O) groups is 2. The average molecular weight is 575 g/mol. The van der Waals surface area contributed by atoms with Crippen molar-refractivity contribution in [3.8, 4) is 10.4 Å². The number of amides is 1. The Morgan fingerprint density at radius 2 is 2.09 bits per heavy atom. The van der Waals surface area contributed by atoms with Crippen molar-refractivity contribution < 1.29 is 24.4 Å². The van der Waals surface area contributed by atoms with Gasteiger partial charge in [-0.25, -0.2) is 9.13 Å². The molecule has 1 N–H and O–H groups in total. The summed E-state index contributed by atoms with van der Waals surface area (Å²) in [5.74, 6) is -2.28. The van der Waals surface area contributed by atoms with Crippen LogP contribution in [0.4, 0.5) is 0 Å². The summed E-state index contributed by atoms with van der Waals surface area (Å²) in [6.45, 7) is 2.35. The van der Waals surface area contributed by atoms with E-state index >= 15 is 0 Å². The minimum atomic E-state index is -1.36. The maximum absolute atomic E-state index is 12.5. The Hall–Kier alpha value is -2.50. The quantitative estimate of drug-likeness (QED) is 0.276. The number of hydrogen-bond donors (Lipinski definition) is 1. The Labute approximate surface area is 208 Å². The fourth-order valence-electron chi connectivity index (χ4n) is 4.82. The van der Waals surface area contributed by atoms with Gasteiger partial charge in [-0.1, -0.05) is 0 Å². The van der Waals surface area contributed by atoms with Crippen LogP contribution in [0.25, 0.3) is 16.0 Å². The Kier molecular flexibility index (Phi) is 5.66. The first-order valence-electron chi connectivity index (χ1n) is 10.6. The van der Waals surface area contributed by atoms with Gasteiger partial charge in [-0.15, -0.1) is 11.3 Å². The predicted molar refractivity (Wildman–Crippen MR) is 130 cm³/mol. The van der Waals surface area contributed by atoms with Crippen LogP contribution in [0.15, 0.2) is 54.7 Å². The van der Waals surface area contributed by atoms with Gasteiger partial charge in [-0.05, 0) is 83.0 Å². The molecule has 0 unspecified atom stereocenters. The number of fused-ring (bicyclic) bond motifs is 1. The maximum atomic E-state index is 12.5. The van der Waals surface area contributed by atoms with Gasteiger partial charge >= 0.3 is 0 Å². The first-order valence-corrected chi connectivity index (χ1v) is 12.5. The second-order valence-corrected chi connectivity index (χ2v) is 11.0. The first-order chi connectivity index (χ1) is 15.7. The van der Waals surface area contributed by atoms with E-state index in [1.807, 2.05) is 42.5 Å². The van der Waals surface area contributed by atoms with Gasteiger partial charge in [0.1, 0.15) is 18.9 Å². The van der Waals surface area contributed by atoms with Gasteiger partial charge in [0.25, 0.3) is 0 Å². The largest absolute Gasteiger partial charge is 0.543 e. The lowest BCUT2D eigenvalue weighted by Gasteiger charge is -2.45. The molecule has 4 heterocycles. The minimum absolute atomic E-state index is 0.0674. The monoisotopic (exact) mass is 575 g/mol. The number of carboxylic acids is 1. The molecule has 0 spiro atoms. The van der Waals surface area contributed by atoms with Crippen molar-refractivity contribution in [2.45, 2.75) is 32.0 Å². The SMILES string of the molecule is C[C@@H](O)[C@H]1C(=O)N2C(C(=O)[O-])=C(c3cc(I)cc(-c4ccc(Cn5cc[n+](C)c5)s4)c3)C[C@H]12. The van der Waals surface area contributed by atoms with E-state index in [0.717, 1.165) is 26.1 Å². The number of imidazole rings is 1. The normalized spacial score (nSPS) is 20.7. The zero-order valence-corrected chi connectivity index (χ0v) is 21.0. The Morgan fingerprint density at radius 3 is 2.76 bits per heavy atom. The predicted octanol–water partition coefficient (Wildman–Crippen LogP) is 1.77. The molecule has 33 heavy (non-hydrogen) atoms. The highest BCUT2D eigenvalue weighted by atomic mass is 127. The summed E-state index contributed by atoms with van der Waals surface area (Å²) in [7, 11) is 1.99. The number of thiophene rings is 1. The molecule has 0 saturated carbocycles. The Morgan fingerprint density at radius 1 is 1.33 bits per heavy atom. The van der Waals surface area contributed by atoms with Gasteiger partial charge in [0.15, 0.2) is 0 Å². The molecule has 5 rings (SSSR count). The number of aliphatic carboxylic acids is 1. The summed E-state index contributed by atoms with van der Waals surface area (Å²) in [6.07, 6.45) is 5.63. The highest BCUT2D eigenvalue weighted by Gasteiger charge is 2.55. The number of aryl methyl sites for hydroxylation is 1. The maximum Gasteiger partial charge on any atom is 0.243 e. The smallest absolute Gasteiger partial charge is 0.243 e. The average Bonchev–Trinajstić information content (AvgIpc) is 3.45. The van der Waals surface area contributed by atoms with Gasteiger partial charge in [0.2, 0.25) is 12.2 Å². The first kappa shape index (κ1) is 22.3. The molecule has 0 aliphatic carbocycles. The molecular weight excluding hydrogens is 553 g/mol. The van der Waals surface area contributed by atoms with Gasteiger partial charge in [-0.2, -0.15) is 0 Å². The molecule has 2 aliphatic rings. The number of carboxylic acid groups (broad SMARTS) is 1. The number of β-lactam (4-membered cyclic amide) rings is 1. The van der Waals surface area contributed by atoms with Crippen molar-refractivity contribution in [2.75, 3.05) is 0 Å². The molecule has 1 aromatic carbocycles. The van der Waals surface area contributed by atoms with Gasteiger partial charge in [0, 0.05) is 13.3 Å². The molecule has 3 aromatic rings. The van der Waals surface area contributed by atoms with Crippen LogP contribution in [0.5, 0.6) is 0 Å². The fraction of sp³-hybridized carbons (Fsp3) is 0.292. The van der Waals surface area contributed by atoms with Gasteiger partial charge in [-0.3, -0.25) is 4.79 Å². The summed E-state index contributed by atoms with van der Waals surface area (Å²) < 4.78 is 5.09. The molecule has 3 atom stereocenters. The number of carbonyl (C=O) groups excluding carboxylic acids is 2. The van der Waals surface area contributed by atoms with E-state index in [-0.39, 0.29) is 17.6 Å². The highest BCUT2D eigenvalue weighted by molar-refractivity contribution is 14.1. The zero-order valence-electron chi connectivity index (χ0n) is 18.1. The zero-order chi connectivity index (χ0) is 23.4. The van der Waals surface area contributed by atoms with Crippen molar-refractivity contribution in [2.24, 2.45) is 13.0 Å². The second kappa shape index (κ2) is 8.37. The molecule has 9 heteroatoms. The van der Waals surface area contributed by atoms with Gasteiger partial charge < -0.3 is 19.9 Å². The fourth-order valence-corrected chi connectivity index (χ4v) is 6.49. The molecule has 0 radical (unpaired) electrons. The van der Waals surface area contributed by atoms with Crippen molar-refractivity contribution >= 4 is 51.4 Å². The lowest BCUT2D eigenvalue weighted by atomic mass is 9.82. The van der Waals surface area contributed by atoms with E-state index in [2.05, 4.69) is 45.4 Å². The van der Waals surface area contributed by atoms with Crippen LogP contribution in [0, 0.1) is 9.49 Å². The molecule has 7 nitrogen and oxygen atoms in total. The number of hydrogen-bond acceptors (Lipinski definition) is 5. The van der Waals surface area contributed by atoms with Crippen molar-refractivity contribution in [3.63, 3.8) is 0 Å². The van der Waals surface area contributed by atoms with Crippen LogP contribution in [0.2, 0.25) is 0 Å². The third kappa shape index (κ3) is 3.91. The number of nitrogens with zero attached hydrogens (tertiary/aromatic N) is 3. The van der Waals surface area contributed by atoms with Crippen LogP contribution in [-0.4, -0.2) is 38.6 Å². The molecule has 1 fully saturated rings. The molecule has 2 aliphatic heterocycles. The molecule has 1 amide bonds. The summed E-state index contributed by atoms with van der Waals surface area (Å²) in [4.78, 5) is 28.1. The molecule has 1 saturated heterocycles. The summed E-state index contributed by atoms with van der Waals surface area (Å²) in [5, 5.41) is 22.0. The topological polar surface area (TPSA) is 89.5 Å². The third-order valence-electron chi connectivity index (χ3n) is 6.28. The summed E-state index contributed by atoms with van der Waals surface area (Å²) >= 11 is 3.93. The van der Waals surface area contributed by atoms with E-state index in [0.29, 0.717) is 12.0 Å². The van der Waals surface area contributed by atoms with Crippen molar-refractivity contribution in [3.05, 3.63) is 68.8 Å². The summed E-state index contributed by atoms with van der Waals surface area (Å²) in [6, 6.07) is 9.85. The number of aromatic nitrogens is 2. The Balaban J connectivity index is 1.48. The van der Waals surface area contributed by atoms with E-state index < -0.39 is 18.0 Å². The van der Waals surface area contributed by atoms with Crippen LogP contribution in [0.1, 0.15) is 23.8 Å². The number of benzene rings is 1. The van der Waals surface area contributed by atoms with Crippen LogP contribution in [-0.2, 0) is 23.2 Å². The van der Waals surface area contributed by atoms with E-state index in [1.54, 1.807) is 18.3 Å².